The number of hydrogen-bond acceptors (Lipinski definition) is 8. The van der Waals surface area contributed by atoms with Gasteiger partial charge < -0.3 is 9.47 Å². The van der Waals surface area contributed by atoms with E-state index in [4.69, 9.17) is 4.74 Å². The van der Waals surface area contributed by atoms with Crippen molar-refractivity contribution in [1.29, 1.82) is 0 Å². The Morgan fingerprint density at radius 2 is 2.26 bits per heavy atom. The van der Waals surface area contributed by atoms with Crippen molar-refractivity contribution in [3.05, 3.63) is 29.4 Å². The molecule has 0 unspecified atom stereocenters. The van der Waals surface area contributed by atoms with Crippen molar-refractivity contribution in [3.63, 3.8) is 0 Å². The molecule has 0 fully saturated rings. The number of ether oxygens (including phenoxy) is 2. The Kier molecular flexibility index (Phi) is 4.14. The molecule has 0 atom stereocenters. The largest absolute Gasteiger partial charge is 0.466 e. The fraction of sp³-hybridized carbons (Fsp3) is 0.182. The van der Waals surface area contributed by atoms with Crippen LogP contribution in [0, 0.1) is 0 Å². The number of pyridine rings is 1. The maximum Gasteiger partial charge on any atom is 0.352 e. The zero-order valence-corrected chi connectivity index (χ0v) is 10.7. The van der Waals surface area contributed by atoms with Gasteiger partial charge in [0.2, 0.25) is 0 Å². The molecule has 2 rings (SSSR count). The van der Waals surface area contributed by atoms with E-state index in [2.05, 4.69) is 19.3 Å². The highest BCUT2D eigenvalue weighted by molar-refractivity contribution is 7.08. The lowest BCUT2D eigenvalue weighted by Crippen LogP contribution is -2.14. The summed E-state index contributed by atoms with van der Waals surface area (Å²) in [6.07, 6.45) is 3.17. The lowest BCUT2D eigenvalue weighted by molar-refractivity contribution is -0.144. The van der Waals surface area contributed by atoms with Crippen LogP contribution in [0.25, 0.3) is 11.3 Å². The van der Waals surface area contributed by atoms with Crippen LogP contribution in [0.15, 0.2) is 24.5 Å². The monoisotopic (exact) mass is 279 g/mol. The first kappa shape index (κ1) is 13.1. The van der Waals surface area contributed by atoms with E-state index in [9.17, 15) is 9.59 Å². The molecule has 8 heteroatoms. The Hall–Kier alpha value is -2.35. The van der Waals surface area contributed by atoms with E-state index in [1.165, 1.54) is 7.11 Å². The molecule has 0 aromatic carbocycles. The second kappa shape index (κ2) is 6.01. The van der Waals surface area contributed by atoms with Crippen LogP contribution in [0.4, 0.5) is 0 Å². The van der Waals surface area contributed by atoms with Gasteiger partial charge in [-0.05, 0) is 23.7 Å². The number of esters is 2. The van der Waals surface area contributed by atoms with Crippen molar-refractivity contribution in [2.24, 2.45) is 0 Å². The predicted octanol–water partition coefficient (Wildman–Crippen LogP) is 0.930. The predicted molar refractivity (Wildman–Crippen MR) is 65.4 cm³/mol. The molecule has 0 aliphatic rings. The van der Waals surface area contributed by atoms with Crippen molar-refractivity contribution in [1.82, 2.24) is 14.6 Å². The lowest BCUT2D eigenvalue weighted by atomic mass is 10.2. The van der Waals surface area contributed by atoms with Crippen LogP contribution in [0.2, 0.25) is 0 Å². The molecule has 0 aliphatic heterocycles. The van der Waals surface area contributed by atoms with Gasteiger partial charge in [0.15, 0.2) is 11.5 Å². The average Bonchev–Trinajstić information content (AvgIpc) is 2.94. The van der Waals surface area contributed by atoms with Crippen LogP contribution >= 0.6 is 11.5 Å². The van der Waals surface area contributed by atoms with E-state index in [1.807, 2.05) is 0 Å². The van der Waals surface area contributed by atoms with E-state index in [-0.39, 0.29) is 4.88 Å². The smallest absolute Gasteiger partial charge is 0.352 e. The molecule has 0 saturated heterocycles. The Labute approximate surface area is 112 Å². The van der Waals surface area contributed by atoms with Crippen LogP contribution in [0.3, 0.4) is 0 Å². The normalized spacial score (nSPS) is 9.95. The third-order valence-corrected chi connectivity index (χ3v) is 2.86. The van der Waals surface area contributed by atoms with Gasteiger partial charge in [-0.2, -0.15) is 0 Å². The van der Waals surface area contributed by atoms with Gasteiger partial charge in [-0.3, -0.25) is 4.98 Å². The van der Waals surface area contributed by atoms with Gasteiger partial charge in [0.25, 0.3) is 0 Å². The third kappa shape index (κ3) is 3.10. The van der Waals surface area contributed by atoms with Crippen molar-refractivity contribution in [2.75, 3.05) is 13.7 Å². The maximum absolute atomic E-state index is 11.8. The minimum atomic E-state index is -0.667. The van der Waals surface area contributed by atoms with Crippen LogP contribution < -0.4 is 0 Å². The minimum absolute atomic E-state index is 0.219. The van der Waals surface area contributed by atoms with Crippen LogP contribution in [-0.4, -0.2) is 40.2 Å². The Morgan fingerprint density at radius 3 is 2.95 bits per heavy atom. The highest BCUT2D eigenvalue weighted by Crippen LogP contribution is 2.23. The first-order valence-electron chi connectivity index (χ1n) is 5.19. The Balaban J connectivity index is 2.16. The number of aromatic nitrogens is 3. The van der Waals surface area contributed by atoms with Crippen LogP contribution in [0.1, 0.15) is 9.67 Å². The third-order valence-electron chi connectivity index (χ3n) is 2.16. The molecule has 0 N–H and O–H groups in total. The molecule has 7 nitrogen and oxygen atoms in total. The molecule has 0 aliphatic carbocycles. The van der Waals surface area contributed by atoms with Crippen molar-refractivity contribution in [3.8, 4) is 11.3 Å². The van der Waals surface area contributed by atoms with Gasteiger partial charge in [-0.1, -0.05) is 4.49 Å². The first-order valence-corrected chi connectivity index (χ1v) is 5.96. The first-order chi connectivity index (χ1) is 9.22. The SMILES string of the molecule is COC(=O)COC(=O)c1snnc1-c1cccnc1. The Morgan fingerprint density at radius 1 is 1.42 bits per heavy atom. The van der Waals surface area contributed by atoms with Gasteiger partial charge >= 0.3 is 11.9 Å². The standard InChI is InChI=1S/C11H9N3O4S/c1-17-8(15)6-18-11(16)10-9(13-14-19-10)7-3-2-4-12-5-7/h2-5H,6H2,1H3. The zero-order valence-electron chi connectivity index (χ0n) is 9.90. The summed E-state index contributed by atoms with van der Waals surface area (Å²) in [5.41, 5.74) is 1.04. The summed E-state index contributed by atoms with van der Waals surface area (Å²) in [6, 6.07) is 3.47. The highest BCUT2D eigenvalue weighted by Gasteiger charge is 2.20. The van der Waals surface area contributed by atoms with E-state index in [1.54, 1.807) is 24.5 Å². The average molecular weight is 279 g/mol. The molecular formula is C11H9N3O4S. The summed E-state index contributed by atoms with van der Waals surface area (Å²) in [5, 5.41) is 3.87. The van der Waals surface area contributed by atoms with Gasteiger partial charge in [0.05, 0.1) is 7.11 Å². The number of methoxy groups -OCH3 is 1. The number of rotatable bonds is 4. The van der Waals surface area contributed by atoms with E-state index in [0.717, 1.165) is 11.5 Å². The maximum atomic E-state index is 11.8. The van der Waals surface area contributed by atoms with Crippen LogP contribution in [-0.2, 0) is 14.3 Å². The number of carbonyl (C=O) groups excluding carboxylic acids is 2. The fourth-order valence-electron chi connectivity index (χ4n) is 1.27. The summed E-state index contributed by atoms with van der Waals surface area (Å²) in [6.45, 7) is -0.445. The van der Waals surface area contributed by atoms with Crippen molar-refractivity contribution in [2.45, 2.75) is 0 Å². The highest BCUT2D eigenvalue weighted by atomic mass is 32.1. The molecule has 0 spiro atoms. The van der Waals surface area contributed by atoms with Gasteiger partial charge in [0.1, 0.15) is 5.69 Å². The number of hydrogen-bond donors (Lipinski definition) is 0. The topological polar surface area (TPSA) is 91.3 Å². The second-order valence-corrected chi connectivity index (χ2v) is 4.10. The summed E-state index contributed by atoms with van der Waals surface area (Å²) in [7, 11) is 1.21. The van der Waals surface area contributed by atoms with Gasteiger partial charge in [-0.15, -0.1) is 5.10 Å². The molecule has 2 aromatic heterocycles. The molecule has 0 radical (unpaired) electrons. The fourth-order valence-corrected chi connectivity index (χ4v) is 1.85. The zero-order chi connectivity index (χ0) is 13.7. The van der Waals surface area contributed by atoms with E-state index >= 15 is 0 Å². The lowest BCUT2D eigenvalue weighted by Gasteiger charge is -2.02. The molecule has 0 saturated carbocycles. The quantitative estimate of drug-likeness (QED) is 0.769. The molecule has 19 heavy (non-hydrogen) atoms. The molecule has 2 heterocycles. The summed E-state index contributed by atoms with van der Waals surface area (Å²) >= 11 is 0.896. The van der Waals surface area contributed by atoms with Crippen molar-refractivity contribution >= 4 is 23.5 Å². The second-order valence-electron chi connectivity index (χ2n) is 3.34. The van der Waals surface area contributed by atoms with Gasteiger partial charge in [-0.25, -0.2) is 9.59 Å². The van der Waals surface area contributed by atoms with Crippen LogP contribution in [0.5, 0.6) is 0 Å². The molecule has 2 aromatic rings. The summed E-state index contributed by atoms with van der Waals surface area (Å²) in [5.74, 6) is -1.30. The van der Waals surface area contributed by atoms with Crippen molar-refractivity contribution < 1.29 is 19.1 Å². The molecule has 0 bridgehead atoms. The molecule has 98 valence electrons. The summed E-state index contributed by atoms with van der Waals surface area (Å²) in [4.78, 5) is 26.9. The molecule has 0 amide bonds. The summed E-state index contributed by atoms with van der Waals surface area (Å²) < 4.78 is 12.9. The van der Waals surface area contributed by atoms with E-state index in [0.29, 0.717) is 11.3 Å². The minimum Gasteiger partial charge on any atom is -0.466 e. The Bertz CT molecular complexity index is 585. The number of carbonyl (C=O) groups is 2. The molecular weight excluding hydrogens is 270 g/mol. The van der Waals surface area contributed by atoms with Gasteiger partial charge in [0, 0.05) is 18.0 Å². The number of nitrogens with zero attached hydrogens (tertiary/aromatic N) is 3. The van der Waals surface area contributed by atoms with E-state index < -0.39 is 18.5 Å².